The largest absolute Gasteiger partial charge is 0.326 e. The quantitative estimate of drug-likeness (QED) is 0.687. The molecule has 1 aliphatic rings. The van der Waals surface area contributed by atoms with E-state index in [-0.39, 0.29) is 10.8 Å². The van der Waals surface area contributed by atoms with Crippen LogP contribution in [0, 0.1) is 0 Å². The molecule has 0 saturated carbocycles. The molecule has 0 spiro atoms. The van der Waals surface area contributed by atoms with Crippen molar-refractivity contribution in [1.29, 1.82) is 0 Å². The van der Waals surface area contributed by atoms with Crippen molar-refractivity contribution < 1.29 is 13.2 Å². The van der Waals surface area contributed by atoms with Gasteiger partial charge in [0.1, 0.15) is 0 Å². The summed E-state index contributed by atoms with van der Waals surface area (Å²) in [6.45, 7) is 0.427. The molecule has 28 heavy (non-hydrogen) atoms. The Balaban J connectivity index is 1.61. The Hall–Kier alpha value is -2.64. The highest BCUT2D eigenvalue weighted by atomic mass is 32.2. The van der Waals surface area contributed by atoms with E-state index >= 15 is 0 Å². The maximum atomic E-state index is 13.1. The van der Waals surface area contributed by atoms with Gasteiger partial charge in [0, 0.05) is 17.1 Å². The average Bonchev–Trinajstić information content (AvgIpc) is 3.21. The molecule has 7 heteroatoms. The van der Waals surface area contributed by atoms with E-state index in [1.54, 1.807) is 36.4 Å². The first-order valence-corrected chi connectivity index (χ1v) is 11.4. The van der Waals surface area contributed by atoms with Crippen LogP contribution in [0.25, 0.3) is 0 Å². The Bertz CT molecular complexity index is 1080. The Kier molecular flexibility index (Phi) is 5.19. The molecule has 1 aliphatic heterocycles. The fourth-order valence-electron chi connectivity index (χ4n) is 3.36. The van der Waals surface area contributed by atoms with Crippen molar-refractivity contribution in [3.63, 3.8) is 0 Å². The Morgan fingerprint density at radius 2 is 1.89 bits per heavy atom. The summed E-state index contributed by atoms with van der Waals surface area (Å²) >= 11 is 1.54. The van der Waals surface area contributed by atoms with Gasteiger partial charge < -0.3 is 5.32 Å². The fraction of sp³-hybridized carbons (Fsp3) is 0.190. The normalized spacial score (nSPS) is 13.8. The van der Waals surface area contributed by atoms with E-state index in [2.05, 4.69) is 5.32 Å². The van der Waals surface area contributed by atoms with Crippen LogP contribution in [0.15, 0.2) is 70.9 Å². The lowest BCUT2D eigenvalue weighted by Crippen LogP contribution is -2.35. The molecule has 1 aromatic heterocycles. The smallest absolute Gasteiger partial charge is 0.264 e. The van der Waals surface area contributed by atoms with Crippen LogP contribution in [0.2, 0.25) is 0 Å². The predicted octanol–water partition coefficient (Wildman–Crippen LogP) is 4.07. The third kappa shape index (κ3) is 3.81. The molecule has 0 unspecified atom stereocenters. The minimum Gasteiger partial charge on any atom is -0.326 e. The Morgan fingerprint density at radius 1 is 1.07 bits per heavy atom. The number of anilines is 2. The van der Waals surface area contributed by atoms with Crippen LogP contribution in [-0.4, -0.2) is 20.9 Å². The van der Waals surface area contributed by atoms with Gasteiger partial charge in [-0.3, -0.25) is 9.10 Å². The van der Waals surface area contributed by atoms with Crippen LogP contribution < -0.4 is 9.62 Å². The molecule has 0 bridgehead atoms. The number of benzene rings is 2. The topological polar surface area (TPSA) is 66.5 Å². The Morgan fingerprint density at radius 3 is 2.64 bits per heavy atom. The number of sulfonamides is 1. The summed E-state index contributed by atoms with van der Waals surface area (Å²) in [5, 5.41) is 4.83. The maximum Gasteiger partial charge on any atom is 0.264 e. The minimum absolute atomic E-state index is 0.115. The van der Waals surface area contributed by atoms with Crippen LogP contribution in [0.5, 0.6) is 0 Å². The molecule has 0 aliphatic carbocycles. The van der Waals surface area contributed by atoms with E-state index in [0.29, 0.717) is 24.3 Å². The standard InChI is InChI=1S/C21H20N2O3S2/c24-21(15-18-7-5-13-27-18)22-17-11-10-16-6-4-12-23(20(16)14-17)28(25,26)19-8-2-1-3-9-19/h1-3,5,7-11,13-14H,4,6,12,15H2,(H,22,24). The highest BCUT2D eigenvalue weighted by molar-refractivity contribution is 7.92. The lowest BCUT2D eigenvalue weighted by Gasteiger charge is -2.31. The van der Waals surface area contributed by atoms with Crippen LogP contribution in [-0.2, 0) is 27.7 Å². The monoisotopic (exact) mass is 412 g/mol. The number of nitrogens with one attached hydrogen (secondary N) is 1. The van der Waals surface area contributed by atoms with Crippen molar-refractivity contribution >= 4 is 38.6 Å². The zero-order valence-electron chi connectivity index (χ0n) is 15.2. The van der Waals surface area contributed by atoms with Crippen molar-refractivity contribution in [3.05, 3.63) is 76.5 Å². The second kappa shape index (κ2) is 7.77. The van der Waals surface area contributed by atoms with Gasteiger partial charge in [0.15, 0.2) is 0 Å². The number of carbonyl (C=O) groups excluding carboxylic acids is 1. The molecule has 3 aromatic rings. The van der Waals surface area contributed by atoms with Gasteiger partial charge in [-0.25, -0.2) is 8.42 Å². The van der Waals surface area contributed by atoms with Gasteiger partial charge in [-0.15, -0.1) is 11.3 Å². The molecule has 2 aromatic carbocycles. The van der Waals surface area contributed by atoms with Crippen molar-refractivity contribution in [2.45, 2.75) is 24.2 Å². The van der Waals surface area contributed by atoms with Gasteiger partial charge in [-0.1, -0.05) is 30.3 Å². The summed E-state index contributed by atoms with van der Waals surface area (Å²) in [6, 6.07) is 17.8. The molecular weight excluding hydrogens is 392 g/mol. The number of fused-ring (bicyclic) bond motifs is 1. The molecule has 0 radical (unpaired) electrons. The first-order valence-electron chi connectivity index (χ1n) is 9.07. The number of thiophene rings is 1. The number of rotatable bonds is 5. The number of carbonyl (C=O) groups is 1. The molecule has 0 atom stereocenters. The van der Waals surface area contributed by atoms with E-state index in [0.717, 1.165) is 23.3 Å². The minimum atomic E-state index is -3.64. The second-order valence-electron chi connectivity index (χ2n) is 6.64. The van der Waals surface area contributed by atoms with Crippen LogP contribution in [0.3, 0.4) is 0 Å². The lowest BCUT2D eigenvalue weighted by atomic mass is 10.0. The number of amides is 1. The number of hydrogen-bond acceptors (Lipinski definition) is 4. The van der Waals surface area contributed by atoms with Crippen molar-refractivity contribution in [1.82, 2.24) is 0 Å². The van der Waals surface area contributed by atoms with Crippen LogP contribution >= 0.6 is 11.3 Å². The number of nitrogens with zero attached hydrogens (tertiary/aromatic N) is 1. The van der Waals surface area contributed by atoms with Crippen molar-refractivity contribution in [3.8, 4) is 0 Å². The molecule has 1 N–H and O–H groups in total. The number of aryl methyl sites for hydroxylation is 1. The van der Waals surface area contributed by atoms with Gasteiger partial charge >= 0.3 is 0 Å². The van der Waals surface area contributed by atoms with Crippen LogP contribution in [0.4, 0.5) is 11.4 Å². The Labute approximate surface area is 168 Å². The summed E-state index contributed by atoms with van der Waals surface area (Å²) < 4.78 is 27.7. The van der Waals surface area contributed by atoms with E-state index in [1.807, 2.05) is 29.6 Å². The molecule has 144 valence electrons. The fourth-order valence-corrected chi connectivity index (χ4v) is 5.62. The van der Waals surface area contributed by atoms with Gasteiger partial charge in [0.2, 0.25) is 5.91 Å². The lowest BCUT2D eigenvalue weighted by molar-refractivity contribution is -0.115. The first-order chi connectivity index (χ1) is 13.5. The van der Waals surface area contributed by atoms with Crippen molar-refractivity contribution in [2.24, 2.45) is 0 Å². The maximum absolute atomic E-state index is 13.1. The average molecular weight is 413 g/mol. The van der Waals surface area contributed by atoms with Gasteiger partial charge in [-0.2, -0.15) is 0 Å². The zero-order valence-corrected chi connectivity index (χ0v) is 16.8. The second-order valence-corrected chi connectivity index (χ2v) is 9.54. The highest BCUT2D eigenvalue weighted by Crippen LogP contribution is 2.34. The highest BCUT2D eigenvalue weighted by Gasteiger charge is 2.29. The predicted molar refractivity (Wildman–Crippen MR) is 112 cm³/mol. The molecule has 2 heterocycles. The van der Waals surface area contributed by atoms with E-state index in [4.69, 9.17) is 0 Å². The van der Waals surface area contributed by atoms with E-state index in [1.165, 1.54) is 15.6 Å². The third-order valence-corrected chi connectivity index (χ3v) is 7.39. The SMILES string of the molecule is O=C(Cc1cccs1)Nc1ccc2c(c1)N(S(=O)(=O)c1ccccc1)CCC2. The van der Waals surface area contributed by atoms with Crippen molar-refractivity contribution in [2.75, 3.05) is 16.2 Å². The summed E-state index contributed by atoms with van der Waals surface area (Å²) in [7, 11) is -3.64. The van der Waals surface area contributed by atoms with E-state index < -0.39 is 10.0 Å². The zero-order chi connectivity index (χ0) is 19.6. The van der Waals surface area contributed by atoms with Gasteiger partial charge in [0.05, 0.1) is 17.0 Å². The summed E-state index contributed by atoms with van der Waals surface area (Å²) in [6.07, 6.45) is 1.89. The first kappa shape index (κ1) is 18.7. The molecule has 4 rings (SSSR count). The number of hydrogen-bond donors (Lipinski definition) is 1. The van der Waals surface area contributed by atoms with Gasteiger partial charge in [0.25, 0.3) is 10.0 Å². The summed E-state index contributed by atoms with van der Waals surface area (Å²) in [4.78, 5) is 13.6. The third-order valence-electron chi connectivity index (χ3n) is 4.69. The van der Waals surface area contributed by atoms with Crippen LogP contribution in [0.1, 0.15) is 16.9 Å². The summed E-state index contributed by atoms with van der Waals surface area (Å²) in [5.74, 6) is -0.115. The molecule has 1 amide bonds. The van der Waals surface area contributed by atoms with E-state index in [9.17, 15) is 13.2 Å². The summed E-state index contributed by atoms with van der Waals surface area (Å²) in [5.41, 5.74) is 2.22. The molecular formula is C21H20N2O3S2. The van der Waals surface area contributed by atoms with Gasteiger partial charge in [-0.05, 0) is 54.1 Å². The molecule has 0 fully saturated rings. The molecule has 5 nitrogen and oxygen atoms in total. The molecule has 0 saturated heterocycles.